The Morgan fingerprint density at radius 3 is 0.969 bits per heavy atom. The van der Waals surface area contributed by atoms with Gasteiger partial charge in [0.2, 0.25) is 0 Å². The fourth-order valence-corrected chi connectivity index (χ4v) is 9.97. The fraction of sp³-hybridized carbons (Fsp3) is 0.200. The van der Waals surface area contributed by atoms with E-state index in [1.165, 1.54) is 43.8 Å². The quantitative estimate of drug-likeness (QED) is 0.270. The minimum atomic E-state index is -1.61. The third-order valence-electron chi connectivity index (χ3n) is 7.10. The van der Waals surface area contributed by atoms with Crippen LogP contribution in [0.25, 0.3) is 43.1 Å². The van der Waals surface area contributed by atoms with Crippen LogP contribution in [0.4, 0.5) is 0 Å². The summed E-state index contributed by atoms with van der Waals surface area (Å²) < 4.78 is 0. The first kappa shape index (κ1) is 20.0. The van der Waals surface area contributed by atoms with E-state index in [0.717, 1.165) is 0 Å². The molecular weight excluding hydrogens is 417 g/mol. The van der Waals surface area contributed by atoms with Crippen molar-refractivity contribution in [3.8, 4) is 0 Å². The molecule has 4 aromatic carbocycles. The molecule has 158 valence electrons. The monoisotopic (exact) mass is 446 g/mol. The summed E-state index contributed by atoms with van der Waals surface area (Å²) in [7, 11) is -3.22. The lowest BCUT2D eigenvalue weighted by Gasteiger charge is -2.24. The zero-order chi connectivity index (χ0) is 22.4. The molecule has 0 spiro atoms. The van der Waals surface area contributed by atoms with Crippen LogP contribution in [0, 0.1) is 0 Å². The first-order chi connectivity index (χ1) is 15.1. The normalized spacial score (nSPS) is 15.6. The standard InChI is InChI=1S/C30H30Si2/c1-31(2,3)29-25-17-21-13-9-7-11-19(21)15-23(25)28-27(29)24-16-20-12-8-10-14-22(20)18-26(24)30(28)32(4,5)6/h7-18H,1-6H3. The number of benzene rings is 4. The van der Waals surface area contributed by atoms with Gasteiger partial charge >= 0.3 is 0 Å². The van der Waals surface area contributed by atoms with E-state index < -0.39 is 16.1 Å². The van der Waals surface area contributed by atoms with Gasteiger partial charge in [0.25, 0.3) is 0 Å². The highest BCUT2D eigenvalue weighted by Gasteiger charge is 2.43. The van der Waals surface area contributed by atoms with Crippen LogP contribution < -0.4 is 0 Å². The molecule has 2 aliphatic carbocycles. The highest BCUT2D eigenvalue weighted by Crippen LogP contribution is 2.60. The molecule has 2 aliphatic rings. The van der Waals surface area contributed by atoms with Crippen LogP contribution in [0.5, 0.6) is 0 Å². The molecule has 32 heavy (non-hydrogen) atoms. The number of hydrogen-bond donors (Lipinski definition) is 0. The Balaban J connectivity index is 1.82. The molecule has 0 aliphatic heterocycles. The van der Waals surface area contributed by atoms with E-state index in [1.54, 1.807) is 21.5 Å². The van der Waals surface area contributed by atoms with Gasteiger partial charge in [0, 0.05) is 0 Å². The van der Waals surface area contributed by atoms with Crippen LogP contribution in [0.3, 0.4) is 0 Å². The summed E-state index contributed by atoms with van der Waals surface area (Å²) in [5.41, 5.74) is 9.09. The molecule has 0 heterocycles. The third kappa shape index (κ3) is 2.72. The Bertz CT molecular complexity index is 1400. The average molecular weight is 447 g/mol. The number of allylic oxidation sites excluding steroid dienone is 2. The Kier molecular flexibility index (Phi) is 4.01. The van der Waals surface area contributed by atoms with Gasteiger partial charge in [-0.15, -0.1) is 0 Å². The minimum absolute atomic E-state index is 1.35. The molecule has 6 rings (SSSR count). The first-order valence-corrected chi connectivity index (χ1v) is 18.7. The van der Waals surface area contributed by atoms with Crippen molar-refractivity contribution in [2.75, 3.05) is 0 Å². The predicted octanol–water partition coefficient (Wildman–Crippen LogP) is 8.90. The van der Waals surface area contributed by atoms with Crippen LogP contribution in [0.15, 0.2) is 72.8 Å². The van der Waals surface area contributed by atoms with Crippen LogP contribution >= 0.6 is 0 Å². The van der Waals surface area contributed by atoms with E-state index >= 15 is 0 Å². The predicted molar refractivity (Wildman–Crippen MR) is 148 cm³/mol. The Morgan fingerprint density at radius 2 is 0.688 bits per heavy atom. The highest BCUT2D eigenvalue weighted by molar-refractivity contribution is 6.99. The van der Waals surface area contributed by atoms with E-state index in [9.17, 15) is 0 Å². The van der Waals surface area contributed by atoms with E-state index in [-0.39, 0.29) is 0 Å². The minimum Gasteiger partial charge on any atom is -0.0656 e. The Morgan fingerprint density at radius 1 is 0.406 bits per heavy atom. The van der Waals surface area contributed by atoms with E-state index in [0.29, 0.717) is 0 Å². The second-order valence-corrected chi connectivity index (χ2v) is 21.5. The summed E-state index contributed by atoms with van der Waals surface area (Å²) in [5.74, 6) is 0. The van der Waals surface area contributed by atoms with Gasteiger partial charge in [0.15, 0.2) is 0 Å². The van der Waals surface area contributed by atoms with E-state index in [4.69, 9.17) is 0 Å². The van der Waals surface area contributed by atoms with Crippen molar-refractivity contribution in [1.82, 2.24) is 0 Å². The summed E-state index contributed by atoms with van der Waals surface area (Å²) in [6.07, 6.45) is 0. The van der Waals surface area contributed by atoms with Crippen molar-refractivity contribution in [1.29, 1.82) is 0 Å². The summed E-state index contributed by atoms with van der Waals surface area (Å²) >= 11 is 0. The second-order valence-electron chi connectivity index (χ2n) is 11.5. The Hall–Kier alpha value is -2.69. The van der Waals surface area contributed by atoms with Crippen molar-refractivity contribution in [3.63, 3.8) is 0 Å². The lowest BCUT2D eigenvalue weighted by molar-refractivity contribution is 1.61. The van der Waals surface area contributed by atoms with E-state index in [2.05, 4.69) is 112 Å². The molecular formula is C30H30Si2. The largest absolute Gasteiger partial charge is 0.0792 e. The molecule has 0 N–H and O–H groups in total. The van der Waals surface area contributed by atoms with Gasteiger partial charge in [-0.3, -0.25) is 0 Å². The summed E-state index contributed by atoms with van der Waals surface area (Å²) in [6, 6.07) is 27.7. The molecule has 0 amide bonds. The molecule has 0 saturated carbocycles. The zero-order valence-corrected chi connectivity index (χ0v) is 21.9. The van der Waals surface area contributed by atoms with Gasteiger partial charge in [-0.05, 0) is 89.6 Å². The molecule has 0 fully saturated rings. The maximum atomic E-state index is 2.52. The van der Waals surface area contributed by atoms with Gasteiger partial charge in [0.1, 0.15) is 0 Å². The Labute approximate surface area is 193 Å². The SMILES string of the molecule is C[Si](C)(C)C1=C2C(=C([Si](C)(C)C)c3cc4ccccc4cc32)c2cc3ccccc3cc21. The third-order valence-corrected chi connectivity index (χ3v) is 11.1. The number of hydrogen-bond acceptors (Lipinski definition) is 0. The first-order valence-electron chi connectivity index (χ1n) is 11.7. The van der Waals surface area contributed by atoms with Crippen molar-refractivity contribution >= 4 is 59.2 Å². The lowest BCUT2D eigenvalue weighted by Crippen LogP contribution is -2.23. The topological polar surface area (TPSA) is 0 Å². The van der Waals surface area contributed by atoms with E-state index in [1.807, 2.05) is 0 Å². The molecule has 0 unspecified atom stereocenters. The molecule has 0 bridgehead atoms. The molecule has 0 nitrogen and oxygen atoms in total. The average Bonchev–Trinajstić information content (AvgIpc) is 3.21. The highest BCUT2D eigenvalue weighted by atomic mass is 28.3. The van der Waals surface area contributed by atoms with Crippen LogP contribution in [0.2, 0.25) is 39.3 Å². The summed E-state index contributed by atoms with van der Waals surface area (Å²) in [6.45, 7) is 15.1. The van der Waals surface area contributed by atoms with Crippen molar-refractivity contribution in [2.24, 2.45) is 0 Å². The molecule has 0 radical (unpaired) electrons. The van der Waals surface area contributed by atoms with Crippen LogP contribution in [-0.2, 0) is 0 Å². The maximum absolute atomic E-state index is 2.52. The van der Waals surface area contributed by atoms with Gasteiger partial charge in [-0.2, -0.15) is 0 Å². The van der Waals surface area contributed by atoms with Crippen molar-refractivity contribution < 1.29 is 0 Å². The molecule has 0 aromatic heterocycles. The molecule has 2 heteroatoms. The zero-order valence-electron chi connectivity index (χ0n) is 19.9. The lowest BCUT2D eigenvalue weighted by atomic mass is 9.99. The maximum Gasteiger partial charge on any atom is 0.0792 e. The van der Waals surface area contributed by atoms with Gasteiger partial charge in [0.05, 0.1) is 16.1 Å². The summed E-state index contributed by atoms with van der Waals surface area (Å²) in [4.78, 5) is 0. The van der Waals surface area contributed by atoms with Gasteiger partial charge in [-0.1, -0.05) is 87.8 Å². The van der Waals surface area contributed by atoms with Gasteiger partial charge < -0.3 is 0 Å². The summed E-state index contributed by atoms with van der Waals surface area (Å²) in [5, 5.41) is 8.72. The van der Waals surface area contributed by atoms with Crippen LogP contribution in [0.1, 0.15) is 22.3 Å². The second kappa shape index (κ2) is 6.43. The number of rotatable bonds is 2. The smallest absolute Gasteiger partial charge is 0.0656 e. The van der Waals surface area contributed by atoms with Crippen LogP contribution in [-0.4, -0.2) is 16.1 Å². The van der Waals surface area contributed by atoms with Crippen molar-refractivity contribution in [3.05, 3.63) is 95.1 Å². The fourth-order valence-electron chi connectivity index (χ4n) is 5.92. The molecule has 0 atom stereocenters. The van der Waals surface area contributed by atoms with Gasteiger partial charge in [-0.25, -0.2) is 0 Å². The van der Waals surface area contributed by atoms with Crippen molar-refractivity contribution in [2.45, 2.75) is 39.3 Å². The molecule has 0 saturated heterocycles. The molecule has 4 aromatic rings. The number of fused-ring (bicyclic) bond motifs is 7.